The molecule has 25 heavy (non-hydrogen) atoms. The van der Waals surface area contributed by atoms with E-state index in [1.54, 1.807) is 12.1 Å². The second-order valence-electron chi connectivity index (χ2n) is 7.24. The second-order valence-corrected chi connectivity index (χ2v) is 7.24. The standard InChI is InChI=1S/C20H27FN4/c21-16-7-9-17(10-8-16)25-14-12-24(13-15-25)11-3-6-20-18-4-1-2-5-19(18)22-23-20/h7-10H,1-6,11-15H2,(H,22,23). The highest BCUT2D eigenvalue weighted by molar-refractivity contribution is 5.46. The number of rotatable bonds is 5. The minimum Gasteiger partial charge on any atom is -0.369 e. The average molecular weight is 342 g/mol. The van der Waals surface area contributed by atoms with Gasteiger partial charge in [-0.1, -0.05) is 0 Å². The van der Waals surface area contributed by atoms with Crippen LogP contribution in [0, 0.1) is 5.82 Å². The molecule has 0 unspecified atom stereocenters. The normalized spacial score (nSPS) is 18.4. The molecule has 5 heteroatoms. The van der Waals surface area contributed by atoms with Crippen molar-refractivity contribution in [3.63, 3.8) is 0 Å². The van der Waals surface area contributed by atoms with Crippen LogP contribution in [0.5, 0.6) is 0 Å². The van der Waals surface area contributed by atoms with Gasteiger partial charge in [-0.3, -0.25) is 10.00 Å². The molecule has 2 heterocycles. The monoisotopic (exact) mass is 342 g/mol. The number of nitrogens with zero attached hydrogens (tertiary/aromatic N) is 3. The molecule has 1 saturated heterocycles. The maximum atomic E-state index is 13.0. The molecular weight excluding hydrogens is 315 g/mol. The van der Waals surface area contributed by atoms with Crippen molar-refractivity contribution in [2.75, 3.05) is 37.6 Å². The molecule has 0 radical (unpaired) electrons. The Balaban J connectivity index is 1.23. The van der Waals surface area contributed by atoms with Crippen LogP contribution < -0.4 is 4.90 Å². The number of hydrogen-bond acceptors (Lipinski definition) is 3. The number of H-pyrrole nitrogens is 1. The summed E-state index contributed by atoms with van der Waals surface area (Å²) in [6.07, 6.45) is 7.25. The predicted octanol–water partition coefficient (Wildman–Crippen LogP) is 3.18. The summed E-state index contributed by atoms with van der Waals surface area (Å²) in [6.45, 7) is 5.35. The lowest BCUT2D eigenvalue weighted by molar-refractivity contribution is 0.255. The summed E-state index contributed by atoms with van der Waals surface area (Å²) < 4.78 is 13.0. The summed E-state index contributed by atoms with van der Waals surface area (Å²) in [5, 5.41) is 7.78. The third kappa shape index (κ3) is 3.87. The van der Waals surface area contributed by atoms with Gasteiger partial charge in [0.05, 0.1) is 5.69 Å². The van der Waals surface area contributed by atoms with Gasteiger partial charge in [-0.25, -0.2) is 4.39 Å². The molecule has 0 amide bonds. The molecule has 4 rings (SSSR count). The third-order valence-corrected chi connectivity index (χ3v) is 5.59. The number of anilines is 1. The number of aromatic amines is 1. The first-order chi connectivity index (χ1) is 12.3. The molecule has 1 fully saturated rings. The third-order valence-electron chi connectivity index (χ3n) is 5.59. The number of benzene rings is 1. The molecule has 0 saturated carbocycles. The lowest BCUT2D eigenvalue weighted by Crippen LogP contribution is -2.46. The first-order valence-electron chi connectivity index (χ1n) is 9.57. The Morgan fingerprint density at radius 3 is 2.56 bits per heavy atom. The van der Waals surface area contributed by atoms with Crippen molar-refractivity contribution >= 4 is 5.69 Å². The number of nitrogens with one attached hydrogen (secondary N) is 1. The molecule has 0 atom stereocenters. The van der Waals surface area contributed by atoms with Crippen LogP contribution in [-0.4, -0.2) is 47.8 Å². The lowest BCUT2D eigenvalue weighted by atomic mass is 9.94. The number of hydrogen-bond donors (Lipinski definition) is 1. The van der Waals surface area contributed by atoms with Gasteiger partial charge in [0.15, 0.2) is 0 Å². The summed E-state index contributed by atoms with van der Waals surface area (Å²) in [5.41, 5.74) is 5.33. The number of piperazine rings is 1. The van der Waals surface area contributed by atoms with Crippen LogP contribution in [0.25, 0.3) is 0 Å². The van der Waals surface area contributed by atoms with Crippen LogP contribution in [0.4, 0.5) is 10.1 Å². The first-order valence-corrected chi connectivity index (χ1v) is 9.57. The zero-order chi connectivity index (χ0) is 17.1. The summed E-state index contributed by atoms with van der Waals surface area (Å²) in [4.78, 5) is 4.89. The van der Waals surface area contributed by atoms with E-state index in [1.807, 2.05) is 12.1 Å². The van der Waals surface area contributed by atoms with Crippen molar-refractivity contribution in [2.24, 2.45) is 0 Å². The minimum absolute atomic E-state index is 0.164. The zero-order valence-electron chi connectivity index (χ0n) is 14.8. The Kier molecular flexibility index (Phi) is 5.02. The molecule has 2 aromatic rings. The van der Waals surface area contributed by atoms with Gasteiger partial charge in [-0.05, 0) is 74.9 Å². The Labute approximate surface area is 149 Å². The van der Waals surface area contributed by atoms with Crippen LogP contribution in [0.15, 0.2) is 24.3 Å². The van der Waals surface area contributed by atoms with Crippen molar-refractivity contribution in [2.45, 2.75) is 38.5 Å². The topological polar surface area (TPSA) is 35.2 Å². The van der Waals surface area contributed by atoms with Crippen molar-refractivity contribution in [1.29, 1.82) is 0 Å². The zero-order valence-corrected chi connectivity index (χ0v) is 14.8. The Morgan fingerprint density at radius 1 is 1.00 bits per heavy atom. The van der Waals surface area contributed by atoms with Gasteiger partial charge in [-0.15, -0.1) is 0 Å². The molecule has 134 valence electrons. The maximum absolute atomic E-state index is 13.0. The van der Waals surface area contributed by atoms with Gasteiger partial charge >= 0.3 is 0 Å². The fourth-order valence-corrected chi connectivity index (χ4v) is 4.11. The predicted molar refractivity (Wildman–Crippen MR) is 98.6 cm³/mol. The highest BCUT2D eigenvalue weighted by atomic mass is 19.1. The Hall–Kier alpha value is -1.88. The number of aryl methyl sites for hydroxylation is 2. The molecule has 2 aliphatic rings. The van der Waals surface area contributed by atoms with E-state index in [4.69, 9.17) is 0 Å². The summed E-state index contributed by atoms with van der Waals surface area (Å²) in [5.74, 6) is -0.164. The molecule has 1 aliphatic heterocycles. The van der Waals surface area contributed by atoms with E-state index in [2.05, 4.69) is 20.0 Å². The second kappa shape index (κ2) is 7.56. The van der Waals surface area contributed by atoms with E-state index in [1.165, 1.54) is 42.6 Å². The van der Waals surface area contributed by atoms with Crippen molar-refractivity contribution in [3.05, 3.63) is 47.0 Å². The van der Waals surface area contributed by atoms with Crippen LogP contribution >= 0.6 is 0 Å². The Morgan fingerprint density at radius 2 is 1.76 bits per heavy atom. The first kappa shape index (κ1) is 16.6. The molecule has 1 N–H and O–H groups in total. The minimum atomic E-state index is -0.164. The van der Waals surface area contributed by atoms with Crippen LogP contribution in [0.3, 0.4) is 0 Å². The number of halogens is 1. The highest BCUT2D eigenvalue weighted by Crippen LogP contribution is 2.23. The molecule has 1 aliphatic carbocycles. The summed E-state index contributed by atoms with van der Waals surface area (Å²) in [6, 6.07) is 6.86. The van der Waals surface area contributed by atoms with Gasteiger partial charge in [0, 0.05) is 37.6 Å². The van der Waals surface area contributed by atoms with Crippen molar-refractivity contribution < 1.29 is 4.39 Å². The van der Waals surface area contributed by atoms with Gasteiger partial charge in [0.2, 0.25) is 0 Å². The van der Waals surface area contributed by atoms with E-state index in [9.17, 15) is 4.39 Å². The molecule has 0 bridgehead atoms. The van der Waals surface area contributed by atoms with Gasteiger partial charge in [-0.2, -0.15) is 5.10 Å². The van der Waals surface area contributed by atoms with Crippen molar-refractivity contribution in [3.8, 4) is 0 Å². The Bertz CT molecular complexity index is 686. The molecule has 1 aromatic carbocycles. The molecule has 1 aromatic heterocycles. The summed E-state index contributed by atoms with van der Waals surface area (Å²) in [7, 11) is 0. The SMILES string of the molecule is Fc1ccc(N2CCN(CCCc3[nH]nc4c3CCCC4)CC2)cc1. The maximum Gasteiger partial charge on any atom is 0.123 e. The smallest absolute Gasteiger partial charge is 0.123 e. The van der Waals surface area contributed by atoms with Crippen LogP contribution in [0.1, 0.15) is 36.2 Å². The fraction of sp³-hybridized carbons (Fsp3) is 0.550. The molecule has 0 spiro atoms. The van der Waals surface area contributed by atoms with E-state index in [0.717, 1.165) is 51.3 Å². The largest absolute Gasteiger partial charge is 0.369 e. The van der Waals surface area contributed by atoms with Gasteiger partial charge in [0.25, 0.3) is 0 Å². The fourth-order valence-electron chi connectivity index (χ4n) is 4.11. The molecular formula is C20H27FN4. The van der Waals surface area contributed by atoms with E-state index in [0.29, 0.717) is 0 Å². The summed E-state index contributed by atoms with van der Waals surface area (Å²) >= 11 is 0. The van der Waals surface area contributed by atoms with E-state index in [-0.39, 0.29) is 5.82 Å². The highest BCUT2D eigenvalue weighted by Gasteiger charge is 2.19. The average Bonchev–Trinajstić information content (AvgIpc) is 3.06. The number of aromatic nitrogens is 2. The lowest BCUT2D eigenvalue weighted by Gasteiger charge is -2.36. The molecule has 4 nitrogen and oxygen atoms in total. The number of fused-ring (bicyclic) bond motifs is 1. The van der Waals surface area contributed by atoms with E-state index < -0.39 is 0 Å². The van der Waals surface area contributed by atoms with E-state index >= 15 is 0 Å². The van der Waals surface area contributed by atoms with Gasteiger partial charge in [0.1, 0.15) is 5.82 Å². The quantitative estimate of drug-likeness (QED) is 0.906. The van der Waals surface area contributed by atoms with Crippen molar-refractivity contribution in [1.82, 2.24) is 15.1 Å². The van der Waals surface area contributed by atoms with Gasteiger partial charge < -0.3 is 4.90 Å². The van der Waals surface area contributed by atoms with Crippen LogP contribution in [0.2, 0.25) is 0 Å². The van der Waals surface area contributed by atoms with Crippen LogP contribution in [-0.2, 0) is 19.3 Å².